The van der Waals surface area contributed by atoms with Crippen LogP contribution in [-0.2, 0) is 20.8 Å². The molecule has 6 nitrogen and oxygen atoms in total. The Balaban J connectivity index is 2.09. The van der Waals surface area contributed by atoms with Crippen LogP contribution in [-0.4, -0.2) is 31.5 Å². The Morgan fingerprint density at radius 1 is 1.28 bits per heavy atom. The van der Waals surface area contributed by atoms with Crippen molar-refractivity contribution in [1.82, 2.24) is 5.32 Å². The smallest absolute Gasteiger partial charge is 0.316 e. The molecule has 2 amide bonds. The Morgan fingerprint density at radius 2 is 2.00 bits per heavy atom. The molecular weight excluding hydrogens is 234 g/mol. The summed E-state index contributed by atoms with van der Waals surface area (Å²) in [6.45, 7) is 1.42. The molecule has 0 spiro atoms. The molecule has 0 saturated carbocycles. The number of piperazine rings is 1. The molecular formula is C12H15N3O3. The summed E-state index contributed by atoms with van der Waals surface area (Å²) >= 11 is 0. The highest BCUT2D eigenvalue weighted by atomic mass is 16.6. The van der Waals surface area contributed by atoms with Gasteiger partial charge in [-0.1, -0.05) is 12.1 Å². The van der Waals surface area contributed by atoms with E-state index in [0.29, 0.717) is 26.1 Å². The number of nitrogens with two attached hydrogens (primary N) is 1. The summed E-state index contributed by atoms with van der Waals surface area (Å²) < 4.78 is 0. The zero-order valence-corrected chi connectivity index (χ0v) is 9.89. The van der Waals surface area contributed by atoms with E-state index >= 15 is 0 Å². The molecule has 0 unspecified atom stereocenters. The fraction of sp³-hybridized carbons (Fsp3) is 0.333. The summed E-state index contributed by atoms with van der Waals surface area (Å²) in [6.07, 6.45) is 0.714. The van der Waals surface area contributed by atoms with Crippen LogP contribution in [0.15, 0.2) is 24.3 Å². The van der Waals surface area contributed by atoms with Gasteiger partial charge >= 0.3 is 11.8 Å². The molecule has 0 aromatic heterocycles. The third-order valence-corrected chi connectivity index (χ3v) is 2.82. The van der Waals surface area contributed by atoms with Crippen molar-refractivity contribution in [2.24, 2.45) is 5.90 Å². The molecule has 1 heterocycles. The van der Waals surface area contributed by atoms with Crippen LogP contribution < -0.4 is 16.1 Å². The van der Waals surface area contributed by atoms with Gasteiger partial charge in [-0.3, -0.25) is 9.59 Å². The maximum Gasteiger partial charge on any atom is 0.316 e. The lowest BCUT2D eigenvalue weighted by molar-refractivity contribution is -0.138. The monoisotopic (exact) mass is 249 g/mol. The van der Waals surface area contributed by atoms with Crippen molar-refractivity contribution in [3.63, 3.8) is 0 Å². The quantitative estimate of drug-likeness (QED) is 0.561. The first-order valence-corrected chi connectivity index (χ1v) is 5.72. The zero-order chi connectivity index (χ0) is 13.0. The number of rotatable bonds is 4. The van der Waals surface area contributed by atoms with Gasteiger partial charge in [0.1, 0.15) is 0 Å². The second-order valence-corrected chi connectivity index (χ2v) is 4.00. The maximum absolute atomic E-state index is 11.7. The first-order chi connectivity index (χ1) is 8.72. The summed E-state index contributed by atoms with van der Waals surface area (Å²) in [6, 6.07) is 7.44. The van der Waals surface area contributed by atoms with Gasteiger partial charge in [-0.15, -0.1) is 0 Å². The lowest BCUT2D eigenvalue weighted by Gasteiger charge is -2.26. The first-order valence-electron chi connectivity index (χ1n) is 5.72. The second-order valence-electron chi connectivity index (χ2n) is 4.00. The van der Waals surface area contributed by atoms with Crippen LogP contribution in [0, 0.1) is 0 Å². The van der Waals surface area contributed by atoms with E-state index in [1.54, 1.807) is 0 Å². The minimum Gasteiger partial charge on any atom is -0.346 e. The number of benzene rings is 1. The van der Waals surface area contributed by atoms with Gasteiger partial charge in [0.15, 0.2) is 0 Å². The first kappa shape index (κ1) is 12.5. The molecule has 1 saturated heterocycles. The summed E-state index contributed by atoms with van der Waals surface area (Å²) in [5, 5.41) is 2.51. The van der Waals surface area contributed by atoms with Crippen molar-refractivity contribution in [1.29, 1.82) is 0 Å². The fourth-order valence-corrected chi connectivity index (χ4v) is 1.85. The molecule has 96 valence electrons. The van der Waals surface area contributed by atoms with Crippen LogP contribution in [0.2, 0.25) is 0 Å². The number of anilines is 1. The lowest BCUT2D eigenvalue weighted by atomic mass is 10.1. The average molecular weight is 249 g/mol. The molecule has 1 aromatic rings. The predicted octanol–water partition coefficient (Wildman–Crippen LogP) is -0.418. The van der Waals surface area contributed by atoms with E-state index in [9.17, 15) is 9.59 Å². The molecule has 1 aromatic carbocycles. The van der Waals surface area contributed by atoms with E-state index in [-0.39, 0.29) is 0 Å². The molecule has 3 N–H and O–H groups in total. The number of amides is 2. The van der Waals surface area contributed by atoms with Gasteiger partial charge < -0.3 is 15.1 Å². The summed E-state index contributed by atoms with van der Waals surface area (Å²) in [7, 11) is 0. The van der Waals surface area contributed by atoms with Crippen molar-refractivity contribution < 1.29 is 14.4 Å². The summed E-state index contributed by atoms with van der Waals surface area (Å²) in [5.74, 6) is 3.89. The zero-order valence-electron chi connectivity index (χ0n) is 9.89. The van der Waals surface area contributed by atoms with Gasteiger partial charge in [-0.25, -0.2) is 5.90 Å². The number of carbonyl (C=O) groups excluding carboxylic acids is 2. The number of hydrogen-bond donors (Lipinski definition) is 2. The normalized spacial score (nSPS) is 15.7. The van der Waals surface area contributed by atoms with E-state index in [1.807, 2.05) is 24.3 Å². The van der Waals surface area contributed by atoms with Crippen LogP contribution >= 0.6 is 0 Å². The van der Waals surface area contributed by atoms with Gasteiger partial charge in [0.25, 0.3) is 0 Å². The molecule has 0 radical (unpaired) electrons. The number of nitrogens with one attached hydrogen (secondary N) is 1. The topological polar surface area (TPSA) is 84.7 Å². The third-order valence-electron chi connectivity index (χ3n) is 2.82. The standard InChI is InChI=1S/C12H15N3O3/c13-18-8-5-9-1-3-10(4-2-9)15-7-6-14-11(16)12(15)17/h1-4H,5-8,13H2,(H,14,16). The molecule has 18 heavy (non-hydrogen) atoms. The Morgan fingerprint density at radius 3 is 2.67 bits per heavy atom. The lowest BCUT2D eigenvalue weighted by Crippen LogP contribution is -2.52. The maximum atomic E-state index is 11.7. The number of nitrogens with zero attached hydrogens (tertiary/aromatic N) is 1. The van der Waals surface area contributed by atoms with Crippen LogP contribution in [0.5, 0.6) is 0 Å². The Kier molecular flexibility index (Phi) is 3.91. The molecule has 1 aliphatic heterocycles. The number of carbonyl (C=O) groups is 2. The van der Waals surface area contributed by atoms with Gasteiger partial charge in [-0.05, 0) is 24.1 Å². The Labute approximate surface area is 105 Å². The highest BCUT2D eigenvalue weighted by Crippen LogP contribution is 2.17. The van der Waals surface area contributed by atoms with E-state index in [0.717, 1.165) is 11.3 Å². The highest BCUT2D eigenvalue weighted by molar-refractivity contribution is 6.41. The van der Waals surface area contributed by atoms with E-state index < -0.39 is 11.8 Å². The van der Waals surface area contributed by atoms with E-state index in [4.69, 9.17) is 5.90 Å². The highest BCUT2D eigenvalue weighted by Gasteiger charge is 2.26. The van der Waals surface area contributed by atoms with Gasteiger partial charge in [0.2, 0.25) is 0 Å². The number of hydrogen-bond acceptors (Lipinski definition) is 4. The van der Waals surface area contributed by atoms with Gasteiger partial charge in [0, 0.05) is 18.8 Å². The van der Waals surface area contributed by atoms with E-state index in [1.165, 1.54) is 4.90 Å². The Bertz CT molecular complexity index is 444. The van der Waals surface area contributed by atoms with Crippen LogP contribution in [0.3, 0.4) is 0 Å². The minimum atomic E-state index is -0.554. The summed E-state index contributed by atoms with van der Waals surface area (Å²) in [4.78, 5) is 28.9. The third kappa shape index (κ3) is 2.66. The van der Waals surface area contributed by atoms with Crippen molar-refractivity contribution in [2.45, 2.75) is 6.42 Å². The average Bonchev–Trinajstić information content (AvgIpc) is 2.40. The van der Waals surface area contributed by atoms with Crippen LogP contribution in [0.25, 0.3) is 0 Å². The summed E-state index contributed by atoms with van der Waals surface area (Å²) in [5.41, 5.74) is 1.80. The molecule has 1 aliphatic rings. The van der Waals surface area contributed by atoms with Crippen molar-refractivity contribution in [3.8, 4) is 0 Å². The van der Waals surface area contributed by atoms with Gasteiger partial charge in [0.05, 0.1) is 6.61 Å². The van der Waals surface area contributed by atoms with E-state index in [2.05, 4.69) is 10.2 Å². The SMILES string of the molecule is NOCCc1ccc(N2CCNC(=O)C2=O)cc1. The molecule has 6 heteroatoms. The van der Waals surface area contributed by atoms with Crippen molar-refractivity contribution >= 4 is 17.5 Å². The fourth-order valence-electron chi connectivity index (χ4n) is 1.85. The predicted molar refractivity (Wildman–Crippen MR) is 65.6 cm³/mol. The second kappa shape index (κ2) is 5.61. The van der Waals surface area contributed by atoms with Gasteiger partial charge in [-0.2, -0.15) is 0 Å². The molecule has 0 atom stereocenters. The largest absolute Gasteiger partial charge is 0.346 e. The molecule has 0 aliphatic carbocycles. The van der Waals surface area contributed by atoms with Crippen LogP contribution in [0.1, 0.15) is 5.56 Å². The van der Waals surface area contributed by atoms with Crippen molar-refractivity contribution in [2.75, 3.05) is 24.6 Å². The molecule has 1 fully saturated rings. The van der Waals surface area contributed by atoms with Crippen LogP contribution in [0.4, 0.5) is 5.69 Å². The Hall–Kier alpha value is -1.92. The minimum absolute atomic E-state index is 0.449. The van der Waals surface area contributed by atoms with Crippen molar-refractivity contribution in [3.05, 3.63) is 29.8 Å². The molecule has 0 bridgehead atoms. The molecule has 2 rings (SSSR count).